The van der Waals surface area contributed by atoms with Crippen LogP contribution in [-0.4, -0.2) is 14.9 Å². The molecule has 0 N–H and O–H groups in total. The maximum absolute atomic E-state index is 11.0. The summed E-state index contributed by atoms with van der Waals surface area (Å²) in [6.07, 6.45) is 1.68. The Bertz CT molecular complexity index is 116. The third kappa shape index (κ3) is 3.94. The number of ketones is 1. The van der Waals surface area contributed by atoms with E-state index in [0.29, 0.717) is 0 Å². The molecule has 0 bridgehead atoms. The monoisotopic (exact) mass is 290 g/mol. The lowest BCUT2D eigenvalue weighted by Crippen LogP contribution is -2.19. The van der Waals surface area contributed by atoms with Gasteiger partial charge in [0, 0.05) is 0 Å². The van der Waals surface area contributed by atoms with Crippen molar-refractivity contribution in [3.05, 3.63) is 0 Å². The van der Waals surface area contributed by atoms with E-state index in [1.807, 2.05) is 6.92 Å². The molecule has 0 spiro atoms. The smallest absolute Gasteiger partial charge is 0.174 e. The van der Waals surface area contributed by atoms with E-state index in [9.17, 15) is 4.79 Å². The number of hydrogen-bond donors (Lipinski definition) is 0. The molecular formula is C6H9Br2ClO. The second-order valence-electron chi connectivity index (χ2n) is 1.96. The normalized spacial score (nSPS) is 13.7. The van der Waals surface area contributed by atoms with Gasteiger partial charge in [0.1, 0.15) is 3.74 Å². The van der Waals surface area contributed by atoms with E-state index in [-0.39, 0.29) is 14.9 Å². The second kappa shape index (κ2) is 5.56. The van der Waals surface area contributed by atoms with Crippen molar-refractivity contribution in [3.8, 4) is 0 Å². The van der Waals surface area contributed by atoms with E-state index < -0.39 is 0 Å². The van der Waals surface area contributed by atoms with Gasteiger partial charge in [-0.2, -0.15) is 0 Å². The molecule has 1 nitrogen and oxygen atoms in total. The lowest BCUT2D eigenvalue weighted by molar-refractivity contribution is -0.116. The molecule has 10 heavy (non-hydrogen) atoms. The maximum atomic E-state index is 11.0. The van der Waals surface area contributed by atoms with Crippen LogP contribution in [0.1, 0.15) is 19.8 Å². The summed E-state index contributed by atoms with van der Waals surface area (Å²) in [5.41, 5.74) is 0. The first-order chi connectivity index (χ1) is 4.59. The summed E-state index contributed by atoms with van der Waals surface area (Å²) in [6.45, 7) is 2.00. The van der Waals surface area contributed by atoms with Gasteiger partial charge >= 0.3 is 0 Å². The lowest BCUT2D eigenvalue weighted by Gasteiger charge is -2.06. The zero-order valence-electron chi connectivity index (χ0n) is 5.61. The molecule has 60 valence electrons. The molecule has 0 aromatic rings. The van der Waals surface area contributed by atoms with Crippen LogP contribution in [0.5, 0.6) is 0 Å². The van der Waals surface area contributed by atoms with Crippen LogP contribution in [0.3, 0.4) is 0 Å². The molecule has 0 aromatic heterocycles. The number of carbonyl (C=O) groups excluding carboxylic acids is 1. The first kappa shape index (κ1) is 10.9. The molecule has 0 aliphatic rings. The van der Waals surface area contributed by atoms with Crippen molar-refractivity contribution in [3.63, 3.8) is 0 Å². The molecular weight excluding hydrogens is 283 g/mol. The van der Waals surface area contributed by atoms with Gasteiger partial charge < -0.3 is 0 Å². The van der Waals surface area contributed by atoms with Crippen LogP contribution >= 0.6 is 43.5 Å². The topological polar surface area (TPSA) is 17.1 Å². The third-order valence-corrected chi connectivity index (χ3v) is 2.40. The largest absolute Gasteiger partial charge is 0.296 e. The first-order valence-electron chi connectivity index (χ1n) is 3.05. The van der Waals surface area contributed by atoms with Crippen LogP contribution in [0.15, 0.2) is 0 Å². The van der Waals surface area contributed by atoms with Crippen LogP contribution in [0, 0.1) is 0 Å². The van der Waals surface area contributed by atoms with Crippen molar-refractivity contribution < 1.29 is 4.79 Å². The Hall–Kier alpha value is 0.920. The van der Waals surface area contributed by atoms with Gasteiger partial charge in [0.2, 0.25) is 0 Å². The number of rotatable bonds is 4. The number of hydrogen-bond acceptors (Lipinski definition) is 1. The Morgan fingerprint density at radius 1 is 1.60 bits per heavy atom. The molecule has 0 saturated heterocycles. The van der Waals surface area contributed by atoms with E-state index in [4.69, 9.17) is 11.6 Å². The second-order valence-corrected chi connectivity index (χ2v) is 5.55. The van der Waals surface area contributed by atoms with E-state index in [1.165, 1.54) is 0 Å². The highest BCUT2D eigenvalue weighted by Gasteiger charge is 2.19. The number of carbonyl (C=O) groups is 1. The standard InChI is InChI=1S/C6H9Br2ClO/c1-2-3-4(9)5(10)6(7)8/h4,6H,2-3H2,1H3. The summed E-state index contributed by atoms with van der Waals surface area (Å²) in [4.78, 5) is 11.0. The summed E-state index contributed by atoms with van der Waals surface area (Å²) in [7, 11) is 0. The molecule has 0 aliphatic heterocycles. The Morgan fingerprint density at radius 3 is 2.40 bits per heavy atom. The van der Waals surface area contributed by atoms with Gasteiger partial charge in [0.15, 0.2) is 5.78 Å². The van der Waals surface area contributed by atoms with Crippen molar-refractivity contribution in [1.29, 1.82) is 0 Å². The molecule has 0 saturated carbocycles. The van der Waals surface area contributed by atoms with Crippen LogP contribution in [0.4, 0.5) is 0 Å². The zero-order chi connectivity index (χ0) is 8.15. The Labute approximate surface area is 82.8 Å². The van der Waals surface area contributed by atoms with Crippen molar-refractivity contribution in [1.82, 2.24) is 0 Å². The summed E-state index contributed by atoms with van der Waals surface area (Å²) >= 11 is 11.9. The number of Topliss-reactive ketones (excluding diaryl/α,β-unsaturated/α-hetero) is 1. The Kier molecular flexibility index (Phi) is 6.07. The van der Waals surface area contributed by atoms with Gasteiger partial charge in [-0.3, -0.25) is 4.79 Å². The maximum Gasteiger partial charge on any atom is 0.174 e. The van der Waals surface area contributed by atoms with Gasteiger partial charge in [-0.05, 0) is 6.42 Å². The van der Waals surface area contributed by atoms with E-state index >= 15 is 0 Å². The van der Waals surface area contributed by atoms with Crippen molar-refractivity contribution in [2.24, 2.45) is 0 Å². The fourth-order valence-corrected chi connectivity index (χ4v) is 1.82. The van der Waals surface area contributed by atoms with Gasteiger partial charge in [-0.15, -0.1) is 11.6 Å². The molecule has 0 amide bonds. The molecule has 0 aliphatic carbocycles. The average molecular weight is 292 g/mol. The van der Waals surface area contributed by atoms with Crippen molar-refractivity contribution >= 4 is 49.2 Å². The minimum Gasteiger partial charge on any atom is -0.296 e. The summed E-state index contributed by atoms with van der Waals surface area (Å²) in [6, 6.07) is 0. The van der Waals surface area contributed by atoms with Crippen LogP contribution < -0.4 is 0 Å². The predicted octanol–water partition coefficient (Wildman–Crippen LogP) is 3.08. The lowest BCUT2D eigenvalue weighted by atomic mass is 10.2. The van der Waals surface area contributed by atoms with E-state index in [2.05, 4.69) is 31.9 Å². The van der Waals surface area contributed by atoms with Gasteiger partial charge in [0.25, 0.3) is 0 Å². The van der Waals surface area contributed by atoms with E-state index in [0.717, 1.165) is 12.8 Å². The molecule has 0 aromatic carbocycles. The summed E-state index contributed by atoms with van der Waals surface area (Å²) in [5, 5.41) is -0.353. The fourth-order valence-electron chi connectivity index (χ4n) is 0.532. The molecule has 0 radical (unpaired) electrons. The minimum absolute atomic E-state index is 0.00326. The SMILES string of the molecule is CCCC(Cl)C(=O)C(Br)Br. The Balaban J connectivity index is 3.71. The molecule has 0 rings (SSSR count). The molecule has 1 atom stereocenters. The van der Waals surface area contributed by atoms with Crippen LogP contribution in [-0.2, 0) is 4.79 Å². The molecule has 1 unspecified atom stereocenters. The van der Waals surface area contributed by atoms with E-state index in [1.54, 1.807) is 0 Å². The fraction of sp³-hybridized carbons (Fsp3) is 0.833. The highest BCUT2D eigenvalue weighted by Crippen LogP contribution is 2.17. The van der Waals surface area contributed by atoms with Gasteiger partial charge in [0.05, 0.1) is 5.38 Å². The van der Waals surface area contributed by atoms with Crippen molar-refractivity contribution in [2.75, 3.05) is 0 Å². The summed E-state index contributed by atoms with van der Waals surface area (Å²) < 4.78 is -0.297. The zero-order valence-corrected chi connectivity index (χ0v) is 9.54. The number of alkyl halides is 3. The summed E-state index contributed by atoms with van der Waals surface area (Å²) in [5.74, 6) is 0.00326. The average Bonchev–Trinajstić information content (AvgIpc) is 1.87. The highest BCUT2D eigenvalue weighted by atomic mass is 79.9. The van der Waals surface area contributed by atoms with Crippen molar-refractivity contribution in [2.45, 2.75) is 28.9 Å². The third-order valence-electron chi connectivity index (χ3n) is 1.07. The number of halogens is 3. The first-order valence-corrected chi connectivity index (χ1v) is 5.32. The minimum atomic E-state index is -0.353. The van der Waals surface area contributed by atoms with Crippen LogP contribution in [0.2, 0.25) is 0 Å². The van der Waals surface area contributed by atoms with Gasteiger partial charge in [-0.25, -0.2) is 0 Å². The van der Waals surface area contributed by atoms with Crippen LogP contribution in [0.25, 0.3) is 0 Å². The quantitative estimate of drug-likeness (QED) is 0.728. The molecule has 0 fully saturated rings. The Morgan fingerprint density at radius 2 is 2.10 bits per heavy atom. The molecule has 4 heteroatoms. The predicted molar refractivity (Wildman–Crippen MR) is 51.2 cm³/mol. The van der Waals surface area contributed by atoms with Gasteiger partial charge in [-0.1, -0.05) is 45.2 Å². The highest BCUT2D eigenvalue weighted by molar-refractivity contribution is 9.25. The molecule has 0 heterocycles.